The van der Waals surface area contributed by atoms with Gasteiger partial charge in [0.1, 0.15) is 5.82 Å². The Morgan fingerprint density at radius 1 is 1.55 bits per heavy atom. The van der Waals surface area contributed by atoms with Gasteiger partial charge in [-0.05, 0) is 28.1 Å². The molecule has 0 fully saturated rings. The summed E-state index contributed by atoms with van der Waals surface area (Å²) < 4.78 is 44.5. The van der Waals surface area contributed by atoms with Gasteiger partial charge in [0.2, 0.25) is 10.0 Å². The standard InChI is InChI=1S/C12H16BrFN2O3S/c1-3-4-16(5-6-19-2)20(17,18)12-8-11(15)10(14)7-9(12)13/h3,7-8H,1,4-6,15H2,2H3. The van der Waals surface area contributed by atoms with E-state index in [1.807, 2.05) is 0 Å². The van der Waals surface area contributed by atoms with Crippen molar-refractivity contribution >= 4 is 31.6 Å². The first-order valence-corrected chi connectivity index (χ1v) is 7.92. The number of anilines is 1. The van der Waals surface area contributed by atoms with E-state index in [2.05, 4.69) is 22.5 Å². The van der Waals surface area contributed by atoms with E-state index >= 15 is 0 Å². The maximum atomic E-state index is 13.3. The van der Waals surface area contributed by atoms with Gasteiger partial charge in [-0.3, -0.25) is 0 Å². The number of benzene rings is 1. The number of rotatable bonds is 7. The lowest BCUT2D eigenvalue weighted by atomic mass is 10.3. The highest BCUT2D eigenvalue weighted by molar-refractivity contribution is 9.10. The molecule has 0 aliphatic heterocycles. The maximum absolute atomic E-state index is 13.3. The number of sulfonamides is 1. The van der Waals surface area contributed by atoms with E-state index in [4.69, 9.17) is 10.5 Å². The first-order chi connectivity index (χ1) is 9.34. The fourth-order valence-electron chi connectivity index (χ4n) is 1.53. The Hall–Kier alpha value is -0.960. The summed E-state index contributed by atoms with van der Waals surface area (Å²) in [7, 11) is -2.34. The molecule has 0 saturated carbocycles. The molecule has 0 aliphatic carbocycles. The van der Waals surface area contributed by atoms with Crippen molar-refractivity contribution in [2.75, 3.05) is 32.5 Å². The van der Waals surface area contributed by atoms with Crippen molar-refractivity contribution in [2.24, 2.45) is 0 Å². The number of nitrogens with two attached hydrogens (primary N) is 1. The lowest BCUT2D eigenvalue weighted by Crippen LogP contribution is -2.34. The predicted molar refractivity (Wildman–Crippen MR) is 79.3 cm³/mol. The number of nitrogen functional groups attached to an aromatic ring is 1. The van der Waals surface area contributed by atoms with Gasteiger partial charge in [0, 0.05) is 24.7 Å². The first-order valence-electron chi connectivity index (χ1n) is 5.69. The molecule has 1 rings (SSSR count). The number of methoxy groups -OCH3 is 1. The Labute approximate surface area is 126 Å². The van der Waals surface area contributed by atoms with E-state index in [0.717, 1.165) is 12.1 Å². The van der Waals surface area contributed by atoms with Gasteiger partial charge in [0.05, 0.1) is 17.2 Å². The average molecular weight is 367 g/mol. The number of hydrogen-bond acceptors (Lipinski definition) is 4. The van der Waals surface area contributed by atoms with Crippen molar-refractivity contribution in [3.05, 3.63) is 35.1 Å². The van der Waals surface area contributed by atoms with Gasteiger partial charge < -0.3 is 10.5 Å². The first kappa shape index (κ1) is 17.1. The molecule has 1 aromatic rings. The number of halogens is 2. The minimum Gasteiger partial charge on any atom is -0.396 e. The fraction of sp³-hybridized carbons (Fsp3) is 0.333. The van der Waals surface area contributed by atoms with E-state index in [1.165, 1.54) is 17.5 Å². The highest BCUT2D eigenvalue weighted by atomic mass is 79.9. The number of nitrogens with zero attached hydrogens (tertiary/aromatic N) is 1. The molecule has 0 spiro atoms. The van der Waals surface area contributed by atoms with Crippen LogP contribution in [0.2, 0.25) is 0 Å². The van der Waals surface area contributed by atoms with Gasteiger partial charge in [-0.25, -0.2) is 12.8 Å². The third-order valence-corrected chi connectivity index (χ3v) is 5.37. The van der Waals surface area contributed by atoms with E-state index in [9.17, 15) is 12.8 Å². The molecular formula is C12H16BrFN2O3S. The van der Waals surface area contributed by atoms with Crippen molar-refractivity contribution < 1.29 is 17.5 Å². The summed E-state index contributed by atoms with van der Waals surface area (Å²) in [5, 5.41) is 0. The fourth-order valence-corrected chi connectivity index (χ4v) is 3.93. The zero-order valence-electron chi connectivity index (χ0n) is 11.0. The highest BCUT2D eigenvalue weighted by Crippen LogP contribution is 2.29. The quantitative estimate of drug-likeness (QED) is 0.591. The Morgan fingerprint density at radius 2 is 2.20 bits per heavy atom. The van der Waals surface area contributed by atoms with E-state index in [1.54, 1.807) is 0 Å². The minimum atomic E-state index is -3.82. The molecule has 0 radical (unpaired) electrons. The normalized spacial score (nSPS) is 11.8. The maximum Gasteiger partial charge on any atom is 0.244 e. The summed E-state index contributed by atoms with van der Waals surface area (Å²) in [5.74, 6) is -0.678. The van der Waals surface area contributed by atoms with E-state index < -0.39 is 15.8 Å². The van der Waals surface area contributed by atoms with Crippen LogP contribution in [0.15, 0.2) is 34.2 Å². The SMILES string of the molecule is C=CCN(CCOC)S(=O)(=O)c1cc(N)c(F)cc1Br. The second kappa shape index (κ2) is 7.16. The van der Waals surface area contributed by atoms with Crippen LogP contribution < -0.4 is 5.73 Å². The molecule has 0 amide bonds. The molecule has 112 valence electrons. The van der Waals surface area contributed by atoms with Crippen LogP contribution >= 0.6 is 15.9 Å². The van der Waals surface area contributed by atoms with Crippen molar-refractivity contribution in [3.63, 3.8) is 0 Å². The predicted octanol–water partition coefficient (Wildman–Crippen LogP) is 1.99. The topological polar surface area (TPSA) is 72.6 Å². The number of hydrogen-bond donors (Lipinski definition) is 1. The highest BCUT2D eigenvalue weighted by Gasteiger charge is 2.26. The van der Waals surface area contributed by atoms with Crippen LogP contribution in [0.4, 0.5) is 10.1 Å². The lowest BCUT2D eigenvalue weighted by molar-refractivity contribution is 0.182. The van der Waals surface area contributed by atoms with Gasteiger partial charge in [-0.2, -0.15) is 4.31 Å². The molecule has 0 aliphatic rings. The molecule has 0 bridgehead atoms. The molecule has 0 saturated heterocycles. The molecule has 0 aromatic heterocycles. The molecule has 5 nitrogen and oxygen atoms in total. The summed E-state index contributed by atoms with van der Waals surface area (Å²) in [4.78, 5) is -0.0886. The lowest BCUT2D eigenvalue weighted by Gasteiger charge is -2.21. The molecule has 2 N–H and O–H groups in total. The third kappa shape index (κ3) is 3.78. The van der Waals surface area contributed by atoms with Crippen molar-refractivity contribution in [1.29, 1.82) is 0 Å². The summed E-state index contributed by atoms with van der Waals surface area (Å²) in [5.41, 5.74) is 5.21. The second-order valence-corrected chi connectivity index (χ2v) is 6.71. The molecule has 1 aromatic carbocycles. The Balaban J connectivity index is 3.25. The van der Waals surface area contributed by atoms with Gasteiger partial charge in [0.15, 0.2) is 0 Å². The zero-order valence-corrected chi connectivity index (χ0v) is 13.4. The zero-order chi connectivity index (χ0) is 15.3. The van der Waals surface area contributed by atoms with Crippen LogP contribution in [0.3, 0.4) is 0 Å². The number of ether oxygens (including phenoxy) is 1. The average Bonchev–Trinajstić information content (AvgIpc) is 2.38. The monoisotopic (exact) mass is 366 g/mol. The van der Waals surface area contributed by atoms with Crippen LogP contribution in [-0.2, 0) is 14.8 Å². The van der Waals surface area contributed by atoms with Crippen molar-refractivity contribution in [1.82, 2.24) is 4.31 Å². The van der Waals surface area contributed by atoms with Gasteiger partial charge in [-0.15, -0.1) is 6.58 Å². The molecular weight excluding hydrogens is 351 g/mol. The van der Waals surface area contributed by atoms with Crippen LogP contribution in [0, 0.1) is 5.82 Å². The van der Waals surface area contributed by atoms with Crippen LogP contribution in [-0.4, -0.2) is 39.5 Å². The molecule has 8 heteroatoms. The van der Waals surface area contributed by atoms with Crippen molar-refractivity contribution in [2.45, 2.75) is 4.90 Å². The van der Waals surface area contributed by atoms with Crippen molar-refractivity contribution in [3.8, 4) is 0 Å². The van der Waals surface area contributed by atoms with E-state index in [0.29, 0.717) is 0 Å². The molecule has 20 heavy (non-hydrogen) atoms. The van der Waals surface area contributed by atoms with Crippen LogP contribution in [0.1, 0.15) is 0 Å². The van der Waals surface area contributed by atoms with Gasteiger partial charge in [0.25, 0.3) is 0 Å². The summed E-state index contributed by atoms with van der Waals surface area (Å²) >= 11 is 3.05. The molecule has 0 heterocycles. The third-order valence-electron chi connectivity index (χ3n) is 2.55. The van der Waals surface area contributed by atoms with Gasteiger partial charge in [-0.1, -0.05) is 6.08 Å². The summed E-state index contributed by atoms with van der Waals surface area (Å²) in [6.45, 7) is 4.05. The molecule has 0 atom stereocenters. The largest absolute Gasteiger partial charge is 0.396 e. The molecule has 0 unspecified atom stereocenters. The Kier molecular flexibility index (Phi) is 6.12. The van der Waals surface area contributed by atoms with Gasteiger partial charge >= 0.3 is 0 Å². The smallest absolute Gasteiger partial charge is 0.244 e. The second-order valence-electron chi connectivity index (χ2n) is 3.95. The van der Waals surface area contributed by atoms with Crippen LogP contribution in [0.25, 0.3) is 0 Å². The Bertz CT molecular complexity index is 593. The Morgan fingerprint density at radius 3 is 2.75 bits per heavy atom. The summed E-state index contributed by atoms with van der Waals surface area (Å²) in [6.07, 6.45) is 1.47. The van der Waals surface area contributed by atoms with Crippen LogP contribution in [0.5, 0.6) is 0 Å². The van der Waals surface area contributed by atoms with E-state index in [-0.39, 0.29) is 34.8 Å². The summed E-state index contributed by atoms with van der Waals surface area (Å²) in [6, 6.07) is 2.13. The minimum absolute atomic E-state index is 0.0886.